The molecule has 1 N–H and O–H groups in total. The Bertz CT molecular complexity index is 1330. The number of rotatable bonds is 6. The van der Waals surface area contributed by atoms with Gasteiger partial charge in [-0.25, -0.2) is 23.4 Å². The van der Waals surface area contributed by atoms with Crippen molar-refractivity contribution in [3.63, 3.8) is 0 Å². The van der Waals surface area contributed by atoms with Gasteiger partial charge in [0.25, 0.3) is 0 Å². The van der Waals surface area contributed by atoms with Crippen LogP contribution in [0, 0.1) is 6.92 Å². The van der Waals surface area contributed by atoms with E-state index >= 15 is 0 Å². The third-order valence-electron chi connectivity index (χ3n) is 4.66. The lowest BCUT2D eigenvalue weighted by Gasteiger charge is -2.15. The number of anilines is 2. The average Bonchev–Trinajstić information content (AvgIpc) is 3.34. The fraction of sp³-hybridized carbons (Fsp3) is 0.238. The van der Waals surface area contributed by atoms with Crippen LogP contribution in [-0.2, 0) is 9.84 Å². The fourth-order valence-corrected chi connectivity index (χ4v) is 5.12. The predicted octanol–water partition coefficient (Wildman–Crippen LogP) is 4.36. The Labute approximate surface area is 185 Å². The third kappa shape index (κ3) is 4.35. The highest BCUT2D eigenvalue weighted by atomic mass is 32.2. The van der Waals surface area contributed by atoms with Gasteiger partial charge in [0.15, 0.2) is 20.8 Å². The lowest BCUT2D eigenvalue weighted by atomic mass is 10.1. The number of imidazole rings is 1. The Morgan fingerprint density at radius 3 is 2.61 bits per heavy atom. The predicted molar refractivity (Wildman–Crippen MR) is 122 cm³/mol. The largest absolute Gasteiger partial charge is 0.315 e. The Morgan fingerprint density at radius 2 is 1.94 bits per heavy atom. The van der Waals surface area contributed by atoms with Gasteiger partial charge in [-0.05, 0) is 24.6 Å². The normalized spacial score (nSPS) is 11.8. The van der Waals surface area contributed by atoms with Crippen LogP contribution in [0.15, 0.2) is 54.1 Å². The van der Waals surface area contributed by atoms with Crippen molar-refractivity contribution in [2.75, 3.05) is 11.6 Å². The molecular weight excluding hydrogens is 432 g/mol. The first-order valence-corrected chi connectivity index (χ1v) is 12.3. The summed E-state index contributed by atoms with van der Waals surface area (Å²) in [6.07, 6.45) is 9.55. The van der Waals surface area contributed by atoms with Crippen LogP contribution in [0.2, 0.25) is 0 Å². The number of thiazole rings is 1. The maximum absolute atomic E-state index is 12.5. The Hall–Kier alpha value is -3.11. The summed E-state index contributed by atoms with van der Waals surface area (Å²) in [6.45, 7) is 5.98. The van der Waals surface area contributed by atoms with E-state index in [1.807, 2.05) is 37.5 Å². The van der Waals surface area contributed by atoms with Gasteiger partial charge in [0.1, 0.15) is 5.82 Å². The second kappa shape index (κ2) is 8.20. The molecule has 0 atom stereocenters. The van der Waals surface area contributed by atoms with Gasteiger partial charge in [-0.3, -0.25) is 4.98 Å². The molecule has 4 rings (SSSR count). The lowest BCUT2D eigenvalue weighted by Crippen LogP contribution is -2.08. The van der Waals surface area contributed by atoms with E-state index < -0.39 is 9.84 Å². The van der Waals surface area contributed by atoms with E-state index in [0.717, 1.165) is 22.0 Å². The summed E-state index contributed by atoms with van der Waals surface area (Å²) >= 11 is 1.47. The van der Waals surface area contributed by atoms with Crippen molar-refractivity contribution < 1.29 is 8.42 Å². The second-order valence-corrected chi connectivity index (χ2v) is 10.4. The number of benzene rings is 1. The smallest absolute Gasteiger partial charge is 0.189 e. The molecule has 0 saturated carbocycles. The molecule has 31 heavy (non-hydrogen) atoms. The summed E-state index contributed by atoms with van der Waals surface area (Å²) in [7, 11) is -3.43. The van der Waals surface area contributed by atoms with Crippen molar-refractivity contribution in [1.82, 2.24) is 24.5 Å². The maximum Gasteiger partial charge on any atom is 0.189 e. The van der Waals surface area contributed by atoms with Crippen LogP contribution < -0.4 is 5.32 Å². The molecule has 0 radical (unpaired) electrons. The van der Waals surface area contributed by atoms with Crippen LogP contribution >= 0.6 is 11.3 Å². The van der Waals surface area contributed by atoms with Crippen LogP contribution in [0.5, 0.6) is 0 Å². The molecule has 0 saturated heterocycles. The zero-order valence-electron chi connectivity index (χ0n) is 17.6. The average molecular weight is 455 g/mol. The van der Waals surface area contributed by atoms with Crippen molar-refractivity contribution in [3.05, 3.63) is 60.7 Å². The molecule has 3 heterocycles. The first kappa shape index (κ1) is 21.1. The van der Waals surface area contributed by atoms with Gasteiger partial charge < -0.3 is 9.88 Å². The molecule has 0 unspecified atom stereocenters. The highest BCUT2D eigenvalue weighted by molar-refractivity contribution is 7.90. The number of aryl methyl sites for hydroxylation is 1. The first-order valence-electron chi connectivity index (χ1n) is 9.62. The third-order valence-corrected chi connectivity index (χ3v) is 6.93. The quantitative estimate of drug-likeness (QED) is 0.461. The van der Waals surface area contributed by atoms with Crippen molar-refractivity contribution >= 4 is 32.1 Å². The van der Waals surface area contributed by atoms with E-state index in [1.54, 1.807) is 37.1 Å². The van der Waals surface area contributed by atoms with Crippen molar-refractivity contribution in [2.45, 2.75) is 31.6 Å². The number of hydrogen-bond donors (Lipinski definition) is 1. The molecule has 4 aromatic rings. The Kier molecular flexibility index (Phi) is 5.59. The Balaban J connectivity index is 1.81. The van der Waals surface area contributed by atoms with Gasteiger partial charge in [0.2, 0.25) is 0 Å². The molecule has 8 nitrogen and oxygen atoms in total. The molecular formula is C21H22N6O2S2. The topological polar surface area (TPSA) is 103 Å². The summed E-state index contributed by atoms with van der Waals surface area (Å²) in [5.74, 6) is 1.54. The van der Waals surface area contributed by atoms with Crippen molar-refractivity contribution in [1.29, 1.82) is 0 Å². The van der Waals surface area contributed by atoms with Crippen LogP contribution in [0.4, 0.5) is 10.9 Å². The number of hydrogen-bond acceptors (Lipinski definition) is 8. The summed E-state index contributed by atoms with van der Waals surface area (Å²) < 4.78 is 26.8. The summed E-state index contributed by atoms with van der Waals surface area (Å²) in [6, 6.07) is 5.36. The van der Waals surface area contributed by atoms with E-state index in [9.17, 15) is 8.42 Å². The van der Waals surface area contributed by atoms with E-state index in [1.165, 1.54) is 17.6 Å². The molecule has 0 aliphatic carbocycles. The molecule has 1 aromatic carbocycles. The molecule has 0 bridgehead atoms. The molecule has 0 aliphatic rings. The minimum atomic E-state index is -3.43. The number of nitrogens with zero attached hydrogens (tertiary/aromatic N) is 5. The molecule has 3 aromatic heterocycles. The standard InChI is InChI=1S/C21H22N6O2S2/c1-13(2)20-24-9-10-27(20)16-11-15(5-6-17(16)31(4,28)29)19-14(3)25-21(30-19)26-18-12-22-7-8-23-18/h5-13H,1-4H3,(H,23,25,26). The van der Waals surface area contributed by atoms with Gasteiger partial charge in [0, 0.05) is 37.0 Å². The summed E-state index contributed by atoms with van der Waals surface area (Å²) in [5.41, 5.74) is 2.30. The lowest BCUT2D eigenvalue weighted by molar-refractivity contribution is 0.601. The van der Waals surface area contributed by atoms with Crippen LogP contribution in [0.3, 0.4) is 0 Å². The van der Waals surface area contributed by atoms with Crippen LogP contribution in [-0.4, -0.2) is 39.2 Å². The van der Waals surface area contributed by atoms with Gasteiger partial charge in [-0.2, -0.15) is 0 Å². The first-order chi connectivity index (χ1) is 14.7. The number of sulfone groups is 1. The minimum absolute atomic E-state index is 0.138. The molecule has 160 valence electrons. The molecule has 0 amide bonds. The highest BCUT2D eigenvalue weighted by Gasteiger charge is 2.20. The molecule has 10 heteroatoms. The SMILES string of the molecule is Cc1nc(Nc2cnccn2)sc1-c1ccc(S(C)(=O)=O)c(-n2ccnc2C(C)C)c1. The number of aromatic nitrogens is 5. The van der Waals surface area contributed by atoms with E-state index in [2.05, 4.69) is 25.3 Å². The number of nitrogens with one attached hydrogen (secondary N) is 1. The van der Waals surface area contributed by atoms with Gasteiger partial charge in [0.05, 0.1) is 27.4 Å². The van der Waals surface area contributed by atoms with Gasteiger partial charge >= 0.3 is 0 Å². The van der Waals surface area contributed by atoms with Crippen LogP contribution in [0.25, 0.3) is 16.1 Å². The van der Waals surface area contributed by atoms with Gasteiger partial charge in [-0.15, -0.1) is 0 Å². The minimum Gasteiger partial charge on any atom is -0.315 e. The van der Waals surface area contributed by atoms with Crippen LogP contribution in [0.1, 0.15) is 31.3 Å². The second-order valence-electron chi connectivity index (χ2n) is 7.41. The maximum atomic E-state index is 12.5. The van der Waals surface area contributed by atoms with Crippen molar-refractivity contribution in [2.24, 2.45) is 0 Å². The zero-order valence-corrected chi connectivity index (χ0v) is 19.2. The molecule has 0 aliphatic heterocycles. The zero-order chi connectivity index (χ0) is 22.2. The van der Waals surface area contributed by atoms with E-state index in [-0.39, 0.29) is 10.8 Å². The van der Waals surface area contributed by atoms with Crippen molar-refractivity contribution in [3.8, 4) is 16.1 Å². The van der Waals surface area contributed by atoms with Gasteiger partial charge in [-0.1, -0.05) is 31.3 Å². The Morgan fingerprint density at radius 1 is 1.13 bits per heavy atom. The van der Waals surface area contributed by atoms with E-state index in [4.69, 9.17) is 0 Å². The fourth-order valence-electron chi connectivity index (χ4n) is 3.30. The monoisotopic (exact) mass is 454 g/mol. The van der Waals surface area contributed by atoms with E-state index in [0.29, 0.717) is 16.6 Å². The molecule has 0 spiro atoms. The summed E-state index contributed by atoms with van der Waals surface area (Å²) in [5, 5.41) is 3.85. The highest BCUT2D eigenvalue weighted by Crippen LogP contribution is 2.36. The summed E-state index contributed by atoms with van der Waals surface area (Å²) in [4.78, 5) is 18.5. The molecule has 0 fully saturated rings.